The molecular weight excluding hydrogens is 322 g/mol. The minimum Gasteiger partial charge on any atom is -0.456 e. The van der Waals surface area contributed by atoms with Crippen LogP contribution in [-0.2, 0) is 20.9 Å². The van der Waals surface area contributed by atoms with Crippen molar-refractivity contribution in [3.63, 3.8) is 0 Å². The van der Waals surface area contributed by atoms with Crippen LogP contribution in [0.4, 0.5) is 0 Å². The number of benzene rings is 1. The molecule has 0 aromatic heterocycles. The first-order valence-electron chi connectivity index (χ1n) is 8.98. The summed E-state index contributed by atoms with van der Waals surface area (Å²) in [5.74, 6) is 2.82. The van der Waals surface area contributed by atoms with Gasteiger partial charge in [0.15, 0.2) is 18.1 Å². The van der Waals surface area contributed by atoms with E-state index >= 15 is 0 Å². The van der Waals surface area contributed by atoms with Gasteiger partial charge in [-0.25, -0.2) is 0 Å². The molecule has 0 saturated heterocycles. The number of hydrogen-bond donors (Lipinski definition) is 1. The van der Waals surface area contributed by atoms with Crippen LogP contribution in [0.1, 0.15) is 37.7 Å². The van der Waals surface area contributed by atoms with Crippen molar-refractivity contribution in [2.75, 3.05) is 13.4 Å². The summed E-state index contributed by atoms with van der Waals surface area (Å²) < 4.78 is 15.7. The highest BCUT2D eigenvalue weighted by Crippen LogP contribution is 2.49. The molecule has 1 aromatic carbocycles. The Morgan fingerprint density at radius 3 is 2.84 bits per heavy atom. The van der Waals surface area contributed by atoms with Crippen LogP contribution >= 0.6 is 0 Å². The van der Waals surface area contributed by atoms with Crippen molar-refractivity contribution in [1.82, 2.24) is 5.32 Å². The molecule has 134 valence electrons. The molecule has 0 unspecified atom stereocenters. The summed E-state index contributed by atoms with van der Waals surface area (Å²) in [6, 6.07) is 5.53. The molecule has 1 amide bonds. The molecule has 3 atom stereocenters. The molecule has 6 nitrogen and oxygen atoms in total. The largest absolute Gasteiger partial charge is 0.456 e. The van der Waals surface area contributed by atoms with Gasteiger partial charge in [-0.2, -0.15) is 0 Å². The molecule has 1 N–H and O–H groups in total. The van der Waals surface area contributed by atoms with Crippen LogP contribution in [0.3, 0.4) is 0 Å². The van der Waals surface area contributed by atoms with Crippen LogP contribution in [0.15, 0.2) is 18.2 Å². The van der Waals surface area contributed by atoms with Gasteiger partial charge >= 0.3 is 5.97 Å². The van der Waals surface area contributed by atoms with Gasteiger partial charge in [0.2, 0.25) is 6.79 Å². The second-order valence-corrected chi connectivity index (χ2v) is 7.26. The highest BCUT2D eigenvalue weighted by atomic mass is 16.7. The van der Waals surface area contributed by atoms with E-state index in [2.05, 4.69) is 5.32 Å². The maximum Gasteiger partial charge on any atom is 0.306 e. The standard InChI is InChI=1S/C19H23NO5/c21-18(20-9-13-2-4-16-17(7-13)25-11-24-16)10-23-19(22)8-15-6-12-1-3-14(15)5-12/h2,4,7,12,14-15H,1,3,5-6,8-11H2,(H,20,21)/t12-,14-,15-/m1/s1. The Morgan fingerprint density at radius 2 is 2.04 bits per heavy atom. The van der Waals surface area contributed by atoms with Gasteiger partial charge in [0.25, 0.3) is 5.91 Å². The molecule has 2 bridgehead atoms. The van der Waals surface area contributed by atoms with Gasteiger partial charge in [0.1, 0.15) is 0 Å². The number of hydrogen-bond acceptors (Lipinski definition) is 5. The summed E-state index contributed by atoms with van der Waals surface area (Å²) in [4.78, 5) is 23.8. The zero-order chi connectivity index (χ0) is 17.2. The van der Waals surface area contributed by atoms with Gasteiger partial charge in [-0.15, -0.1) is 0 Å². The monoisotopic (exact) mass is 345 g/mol. The first kappa shape index (κ1) is 16.2. The minimum absolute atomic E-state index is 0.218. The van der Waals surface area contributed by atoms with E-state index in [1.54, 1.807) is 0 Å². The lowest BCUT2D eigenvalue weighted by Gasteiger charge is -2.20. The van der Waals surface area contributed by atoms with Crippen LogP contribution in [0, 0.1) is 17.8 Å². The van der Waals surface area contributed by atoms with Gasteiger partial charge in [-0.1, -0.05) is 12.5 Å². The number of fused-ring (bicyclic) bond motifs is 3. The quantitative estimate of drug-likeness (QED) is 0.802. The van der Waals surface area contributed by atoms with Crippen LogP contribution in [0.5, 0.6) is 11.5 Å². The SMILES string of the molecule is O=C(COC(=O)C[C@H]1C[C@@H]2CC[C@@H]1C2)NCc1ccc2c(c1)OCO2. The smallest absolute Gasteiger partial charge is 0.306 e. The summed E-state index contributed by atoms with van der Waals surface area (Å²) in [7, 11) is 0. The fraction of sp³-hybridized carbons (Fsp3) is 0.579. The maximum atomic E-state index is 11.9. The molecule has 1 aromatic rings. The summed E-state index contributed by atoms with van der Waals surface area (Å²) in [6.07, 6.45) is 5.44. The Bertz CT molecular complexity index is 674. The summed E-state index contributed by atoms with van der Waals surface area (Å²) in [5.41, 5.74) is 0.908. The van der Waals surface area contributed by atoms with Gasteiger partial charge in [-0.05, 0) is 54.7 Å². The third-order valence-electron chi connectivity index (χ3n) is 5.60. The number of amides is 1. The molecule has 1 heterocycles. The zero-order valence-corrected chi connectivity index (χ0v) is 14.2. The van der Waals surface area contributed by atoms with Gasteiger partial charge in [0, 0.05) is 13.0 Å². The second-order valence-electron chi connectivity index (χ2n) is 7.26. The van der Waals surface area contributed by atoms with E-state index in [0.717, 1.165) is 17.9 Å². The number of nitrogens with one attached hydrogen (secondary N) is 1. The average Bonchev–Trinajstić information content (AvgIpc) is 3.33. The number of rotatable bonds is 6. The maximum absolute atomic E-state index is 11.9. The highest BCUT2D eigenvalue weighted by Gasteiger charge is 2.40. The van der Waals surface area contributed by atoms with E-state index in [-0.39, 0.29) is 25.3 Å². The topological polar surface area (TPSA) is 73.9 Å². The number of carbonyl (C=O) groups excluding carboxylic acids is 2. The second kappa shape index (κ2) is 6.94. The Hall–Kier alpha value is -2.24. The third kappa shape index (κ3) is 3.72. The molecule has 0 radical (unpaired) electrons. The predicted octanol–water partition coefficient (Wildman–Crippen LogP) is 2.40. The van der Waals surface area contributed by atoms with Crippen molar-refractivity contribution >= 4 is 11.9 Å². The average molecular weight is 345 g/mol. The lowest BCUT2D eigenvalue weighted by molar-refractivity contribution is -0.149. The first-order chi connectivity index (χ1) is 12.2. The predicted molar refractivity (Wildman–Crippen MR) is 88.9 cm³/mol. The molecule has 3 aliphatic rings. The van der Waals surface area contributed by atoms with Crippen molar-refractivity contribution in [3.05, 3.63) is 23.8 Å². The fourth-order valence-corrected chi connectivity index (χ4v) is 4.35. The third-order valence-corrected chi connectivity index (χ3v) is 5.60. The Balaban J connectivity index is 1.17. The van der Waals surface area contributed by atoms with Crippen molar-refractivity contribution in [1.29, 1.82) is 0 Å². The Labute approximate surface area is 146 Å². The molecule has 2 aliphatic carbocycles. The molecule has 2 fully saturated rings. The highest BCUT2D eigenvalue weighted by molar-refractivity contribution is 5.80. The number of ether oxygens (including phenoxy) is 3. The lowest BCUT2D eigenvalue weighted by Crippen LogP contribution is -2.29. The number of esters is 1. The van der Waals surface area contributed by atoms with E-state index in [1.165, 1.54) is 19.3 Å². The molecule has 4 rings (SSSR count). The van der Waals surface area contributed by atoms with E-state index in [1.807, 2.05) is 18.2 Å². The number of carbonyl (C=O) groups is 2. The van der Waals surface area contributed by atoms with E-state index in [4.69, 9.17) is 14.2 Å². The zero-order valence-electron chi connectivity index (χ0n) is 14.2. The molecule has 2 saturated carbocycles. The van der Waals surface area contributed by atoms with Crippen molar-refractivity contribution < 1.29 is 23.8 Å². The van der Waals surface area contributed by atoms with Crippen LogP contribution in [-0.4, -0.2) is 25.3 Å². The minimum atomic E-state index is -0.293. The summed E-state index contributed by atoms with van der Waals surface area (Å²) in [5, 5.41) is 2.75. The summed E-state index contributed by atoms with van der Waals surface area (Å²) >= 11 is 0. The molecule has 6 heteroatoms. The molecule has 25 heavy (non-hydrogen) atoms. The van der Waals surface area contributed by atoms with Crippen molar-refractivity contribution in [3.8, 4) is 11.5 Å². The molecule has 0 spiro atoms. The lowest BCUT2D eigenvalue weighted by atomic mass is 9.86. The van der Waals surface area contributed by atoms with Crippen LogP contribution in [0.25, 0.3) is 0 Å². The Kier molecular flexibility index (Phi) is 4.51. The fourth-order valence-electron chi connectivity index (χ4n) is 4.35. The van der Waals surface area contributed by atoms with Crippen molar-refractivity contribution in [2.24, 2.45) is 17.8 Å². The van der Waals surface area contributed by atoms with Crippen LogP contribution < -0.4 is 14.8 Å². The normalized spacial score (nSPS) is 25.8. The van der Waals surface area contributed by atoms with Gasteiger partial charge in [0.05, 0.1) is 0 Å². The summed E-state index contributed by atoms with van der Waals surface area (Å²) in [6.45, 7) is 0.368. The first-order valence-corrected chi connectivity index (χ1v) is 8.98. The molecular formula is C19H23NO5. The van der Waals surface area contributed by atoms with Gasteiger partial charge < -0.3 is 19.5 Å². The van der Waals surface area contributed by atoms with Gasteiger partial charge in [-0.3, -0.25) is 9.59 Å². The van der Waals surface area contributed by atoms with Crippen molar-refractivity contribution in [2.45, 2.75) is 38.6 Å². The van der Waals surface area contributed by atoms with Crippen LogP contribution in [0.2, 0.25) is 0 Å². The molecule has 1 aliphatic heterocycles. The van der Waals surface area contributed by atoms with E-state index in [0.29, 0.717) is 36.3 Å². The van der Waals surface area contributed by atoms with E-state index in [9.17, 15) is 9.59 Å². The van der Waals surface area contributed by atoms with E-state index < -0.39 is 0 Å². The Morgan fingerprint density at radius 1 is 1.16 bits per heavy atom.